The monoisotopic (exact) mass is 213 g/mol. The lowest BCUT2D eigenvalue weighted by Crippen LogP contribution is -2.00. The van der Waals surface area contributed by atoms with Crippen molar-refractivity contribution in [1.82, 2.24) is 4.98 Å². The van der Waals surface area contributed by atoms with Crippen molar-refractivity contribution < 1.29 is 4.74 Å². The molecular formula is C14H15NO. The molecule has 1 aromatic carbocycles. The molecule has 0 unspecified atom stereocenters. The van der Waals surface area contributed by atoms with Gasteiger partial charge in [-0.05, 0) is 37.1 Å². The lowest BCUT2D eigenvalue weighted by Gasteiger charge is -2.09. The fourth-order valence-electron chi connectivity index (χ4n) is 1.51. The second-order valence-corrected chi connectivity index (χ2v) is 3.84. The number of pyridine rings is 1. The van der Waals surface area contributed by atoms with Gasteiger partial charge in [-0.2, -0.15) is 0 Å². The number of nitrogens with zero attached hydrogens (tertiary/aromatic N) is 1. The predicted molar refractivity (Wildman–Crippen MR) is 64.5 cm³/mol. The molecule has 0 saturated carbocycles. The van der Waals surface area contributed by atoms with Gasteiger partial charge in [0, 0.05) is 18.0 Å². The minimum Gasteiger partial charge on any atom is -0.489 e. The van der Waals surface area contributed by atoms with Gasteiger partial charge in [-0.3, -0.25) is 4.98 Å². The van der Waals surface area contributed by atoms with Crippen molar-refractivity contribution in [2.24, 2.45) is 0 Å². The van der Waals surface area contributed by atoms with Crippen LogP contribution in [0, 0.1) is 13.8 Å². The van der Waals surface area contributed by atoms with Gasteiger partial charge < -0.3 is 4.74 Å². The lowest BCUT2D eigenvalue weighted by atomic mass is 10.1. The Labute approximate surface area is 95.9 Å². The van der Waals surface area contributed by atoms with E-state index < -0.39 is 0 Å². The number of para-hydroxylation sites is 1. The van der Waals surface area contributed by atoms with Gasteiger partial charge >= 0.3 is 0 Å². The highest BCUT2D eigenvalue weighted by atomic mass is 16.5. The SMILES string of the molecule is Cc1cncc(COc2ccccc2)c1C. The van der Waals surface area contributed by atoms with Gasteiger partial charge in [0.15, 0.2) is 0 Å². The molecule has 1 aromatic heterocycles. The largest absolute Gasteiger partial charge is 0.489 e. The molecule has 2 aromatic rings. The van der Waals surface area contributed by atoms with E-state index >= 15 is 0 Å². The summed E-state index contributed by atoms with van der Waals surface area (Å²) in [5.41, 5.74) is 3.60. The summed E-state index contributed by atoms with van der Waals surface area (Å²) in [5, 5.41) is 0. The Morgan fingerprint density at radius 2 is 1.81 bits per heavy atom. The quantitative estimate of drug-likeness (QED) is 0.780. The highest BCUT2D eigenvalue weighted by molar-refractivity contribution is 5.29. The van der Waals surface area contributed by atoms with Crippen molar-refractivity contribution in [3.05, 3.63) is 59.4 Å². The zero-order chi connectivity index (χ0) is 11.4. The smallest absolute Gasteiger partial charge is 0.119 e. The molecule has 0 aliphatic carbocycles. The summed E-state index contributed by atoms with van der Waals surface area (Å²) < 4.78 is 5.69. The van der Waals surface area contributed by atoms with Crippen molar-refractivity contribution in [2.75, 3.05) is 0 Å². The summed E-state index contributed by atoms with van der Waals surface area (Å²) in [7, 11) is 0. The molecule has 2 rings (SSSR count). The normalized spacial score (nSPS) is 10.1. The number of aromatic nitrogens is 1. The Hall–Kier alpha value is -1.83. The minimum atomic E-state index is 0.574. The number of hydrogen-bond donors (Lipinski definition) is 0. The molecule has 2 heteroatoms. The Bertz CT molecular complexity index is 465. The molecule has 0 fully saturated rings. The van der Waals surface area contributed by atoms with Crippen LogP contribution in [0.3, 0.4) is 0 Å². The second kappa shape index (κ2) is 4.79. The van der Waals surface area contributed by atoms with Crippen LogP contribution < -0.4 is 4.74 Å². The molecular weight excluding hydrogens is 198 g/mol. The molecule has 0 spiro atoms. The van der Waals surface area contributed by atoms with Crippen molar-refractivity contribution in [1.29, 1.82) is 0 Å². The Morgan fingerprint density at radius 1 is 1.06 bits per heavy atom. The van der Waals surface area contributed by atoms with E-state index in [-0.39, 0.29) is 0 Å². The van der Waals surface area contributed by atoms with Gasteiger partial charge in [-0.1, -0.05) is 18.2 Å². The van der Waals surface area contributed by atoms with Crippen molar-refractivity contribution in [3.63, 3.8) is 0 Å². The maximum atomic E-state index is 5.69. The number of benzene rings is 1. The van der Waals surface area contributed by atoms with Crippen LogP contribution in [-0.4, -0.2) is 4.98 Å². The van der Waals surface area contributed by atoms with E-state index in [1.54, 1.807) is 0 Å². The van der Waals surface area contributed by atoms with Gasteiger partial charge in [0.1, 0.15) is 12.4 Å². The Balaban J connectivity index is 2.08. The maximum absolute atomic E-state index is 5.69. The third-order valence-corrected chi connectivity index (χ3v) is 2.71. The summed E-state index contributed by atoms with van der Waals surface area (Å²) in [5.74, 6) is 0.892. The molecule has 0 radical (unpaired) electrons. The number of rotatable bonds is 3. The number of aryl methyl sites for hydroxylation is 1. The van der Waals surface area contributed by atoms with Gasteiger partial charge in [-0.15, -0.1) is 0 Å². The summed E-state index contributed by atoms with van der Waals surface area (Å²) >= 11 is 0. The molecule has 0 amide bonds. The van der Waals surface area contributed by atoms with E-state index in [0.29, 0.717) is 6.61 Å². The average molecular weight is 213 g/mol. The first-order valence-corrected chi connectivity index (χ1v) is 5.35. The first-order valence-electron chi connectivity index (χ1n) is 5.35. The number of hydrogen-bond acceptors (Lipinski definition) is 2. The van der Waals surface area contributed by atoms with Crippen LogP contribution in [-0.2, 0) is 6.61 Å². The fraction of sp³-hybridized carbons (Fsp3) is 0.214. The highest BCUT2D eigenvalue weighted by Gasteiger charge is 2.02. The van der Waals surface area contributed by atoms with Crippen LogP contribution in [0.1, 0.15) is 16.7 Å². The molecule has 82 valence electrons. The second-order valence-electron chi connectivity index (χ2n) is 3.84. The summed E-state index contributed by atoms with van der Waals surface area (Å²) in [6.45, 7) is 4.74. The molecule has 0 aliphatic heterocycles. The zero-order valence-corrected chi connectivity index (χ0v) is 9.60. The zero-order valence-electron chi connectivity index (χ0n) is 9.60. The molecule has 0 N–H and O–H groups in total. The van der Waals surface area contributed by atoms with E-state index in [0.717, 1.165) is 11.3 Å². The molecule has 16 heavy (non-hydrogen) atoms. The van der Waals surface area contributed by atoms with Gasteiger partial charge in [0.05, 0.1) is 0 Å². The standard InChI is InChI=1S/C14H15NO/c1-11-8-15-9-13(12(11)2)10-16-14-6-4-3-5-7-14/h3-9H,10H2,1-2H3. The summed E-state index contributed by atoms with van der Waals surface area (Å²) in [6.07, 6.45) is 3.74. The van der Waals surface area contributed by atoms with Gasteiger partial charge in [0.2, 0.25) is 0 Å². The summed E-state index contributed by atoms with van der Waals surface area (Å²) in [4.78, 5) is 4.18. The van der Waals surface area contributed by atoms with Crippen LogP contribution >= 0.6 is 0 Å². The maximum Gasteiger partial charge on any atom is 0.119 e. The van der Waals surface area contributed by atoms with Gasteiger partial charge in [0.25, 0.3) is 0 Å². The molecule has 0 atom stereocenters. The van der Waals surface area contributed by atoms with Gasteiger partial charge in [-0.25, -0.2) is 0 Å². The molecule has 0 aliphatic rings. The van der Waals surface area contributed by atoms with Crippen LogP contribution in [0.2, 0.25) is 0 Å². The van der Waals surface area contributed by atoms with E-state index in [4.69, 9.17) is 4.74 Å². The van der Waals surface area contributed by atoms with E-state index in [1.807, 2.05) is 42.7 Å². The van der Waals surface area contributed by atoms with Crippen molar-refractivity contribution in [2.45, 2.75) is 20.5 Å². The first-order chi connectivity index (χ1) is 7.77. The predicted octanol–water partition coefficient (Wildman–Crippen LogP) is 3.28. The van der Waals surface area contributed by atoms with E-state index in [1.165, 1.54) is 11.1 Å². The average Bonchev–Trinajstić information content (AvgIpc) is 2.32. The van der Waals surface area contributed by atoms with Crippen molar-refractivity contribution >= 4 is 0 Å². The Morgan fingerprint density at radius 3 is 2.56 bits per heavy atom. The van der Waals surface area contributed by atoms with Crippen molar-refractivity contribution in [3.8, 4) is 5.75 Å². The number of ether oxygens (including phenoxy) is 1. The first kappa shape index (κ1) is 10.7. The minimum absolute atomic E-state index is 0.574. The molecule has 1 heterocycles. The van der Waals surface area contributed by atoms with Crippen LogP contribution in [0.5, 0.6) is 5.75 Å². The van der Waals surface area contributed by atoms with E-state index in [2.05, 4.69) is 18.8 Å². The highest BCUT2D eigenvalue weighted by Crippen LogP contribution is 2.15. The molecule has 0 saturated heterocycles. The topological polar surface area (TPSA) is 22.1 Å². The van der Waals surface area contributed by atoms with E-state index in [9.17, 15) is 0 Å². The Kier molecular flexibility index (Phi) is 3.20. The van der Waals surface area contributed by atoms with Crippen LogP contribution in [0.15, 0.2) is 42.7 Å². The van der Waals surface area contributed by atoms with Crippen LogP contribution in [0.4, 0.5) is 0 Å². The lowest BCUT2D eigenvalue weighted by molar-refractivity contribution is 0.305. The third-order valence-electron chi connectivity index (χ3n) is 2.71. The summed E-state index contributed by atoms with van der Waals surface area (Å²) in [6, 6.07) is 9.83. The van der Waals surface area contributed by atoms with Crippen LogP contribution in [0.25, 0.3) is 0 Å². The third kappa shape index (κ3) is 2.40. The molecule has 0 bridgehead atoms. The molecule has 2 nitrogen and oxygen atoms in total. The fourth-order valence-corrected chi connectivity index (χ4v) is 1.51.